The summed E-state index contributed by atoms with van der Waals surface area (Å²) in [6.07, 6.45) is 4.83. The predicted molar refractivity (Wildman–Crippen MR) is 66.1 cm³/mol. The standard InChI is InChI=1S/C12H16BrFN2/c13-11-5-4-9(14)7-10(11)12(16-15)6-8-2-1-3-8/h4-5,7-8,12,16H,1-3,6,15H2. The summed E-state index contributed by atoms with van der Waals surface area (Å²) in [5, 5.41) is 0. The maximum atomic E-state index is 13.2. The van der Waals surface area contributed by atoms with Crippen molar-refractivity contribution >= 4 is 15.9 Å². The highest BCUT2D eigenvalue weighted by molar-refractivity contribution is 9.10. The van der Waals surface area contributed by atoms with Gasteiger partial charge in [-0.2, -0.15) is 0 Å². The Morgan fingerprint density at radius 1 is 1.50 bits per heavy atom. The molecule has 1 aromatic carbocycles. The molecule has 0 aliphatic heterocycles. The minimum absolute atomic E-state index is 0.0374. The third kappa shape index (κ3) is 2.62. The lowest BCUT2D eigenvalue weighted by molar-refractivity contribution is 0.261. The number of hydrazine groups is 1. The molecule has 1 aliphatic carbocycles. The molecule has 3 N–H and O–H groups in total. The minimum atomic E-state index is -0.216. The molecular weight excluding hydrogens is 271 g/mol. The SMILES string of the molecule is NNC(CC1CCC1)c1cc(F)ccc1Br. The smallest absolute Gasteiger partial charge is 0.123 e. The Morgan fingerprint density at radius 3 is 2.81 bits per heavy atom. The van der Waals surface area contributed by atoms with E-state index < -0.39 is 0 Å². The van der Waals surface area contributed by atoms with E-state index in [-0.39, 0.29) is 11.9 Å². The average Bonchev–Trinajstić information content (AvgIpc) is 2.21. The maximum absolute atomic E-state index is 13.2. The zero-order chi connectivity index (χ0) is 11.5. The average molecular weight is 287 g/mol. The highest BCUT2D eigenvalue weighted by Gasteiger charge is 2.23. The lowest BCUT2D eigenvalue weighted by Gasteiger charge is -2.30. The largest absolute Gasteiger partial charge is 0.271 e. The van der Waals surface area contributed by atoms with Gasteiger partial charge in [-0.1, -0.05) is 35.2 Å². The van der Waals surface area contributed by atoms with E-state index in [9.17, 15) is 4.39 Å². The molecule has 1 saturated carbocycles. The number of nitrogens with two attached hydrogens (primary N) is 1. The third-order valence-electron chi connectivity index (χ3n) is 3.33. The highest BCUT2D eigenvalue weighted by Crippen LogP contribution is 2.36. The summed E-state index contributed by atoms with van der Waals surface area (Å²) in [7, 11) is 0. The molecule has 4 heteroatoms. The maximum Gasteiger partial charge on any atom is 0.123 e. The topological polar surface area (TPSA) is 38.0 Å². The second-order valence-corrected chi connectivity index (χ2v) is 5.27. The van der Waals surface area contributed by atoms with Crippen molar-refractivity contribution in [3.63, 3.8) is 0 Å². The van der Waals surface area contributed by atoms with E-state index >= 15 is 0 Å². The van der Waals surface area contributed by atoms with E-state index in [0.29, 0.717) is 0 Å². The zero-order valence-corrected chi connectivity index (χ0v) is 10.6. The molecule has 2 rings (SSSR count). The first-order valence-corrected chi connectivity index (χ1v) is 6.41. The molecule has 0 amide bonds. The van der Waals surface area contributed by atoms with Crippen LogP contribution in [0.4, 0.5) is 4.39 Å². The predicted octanol–water partition coefficient (Wildman–Crippen LogP) is 3.28. The summed E-state index contributed by atoms with van der Waals surface area (Å²) >= 11 is 3.44. The first-order chi connectivity index (χ1) is 7.70. The van der Waals surface area contributed by atoms with Gasteiger partial charge in [0.2, 0.25) is 0 Å². The number of nitrogens with one attached hydrogen (secondary N) is 1. The van der Waals surface area contributed by atoms with Crippen LogP contribution in [0.2, 0.25) is 0 Å². The van der Waals surface area contributed by atoms with E-state index in [4.69, 9.17) is 5.84 Å². The van der Waals surface area contributed by atoms with Crippen LogP contribution in [-0.2, 0) is 0 Å². The van der Waals surface area contributed by atoms with E-state index in [2.05, 4.69) is 21.4 Å². The molecule has 1 aromatic rings. The van der Waals surface area contributed by atoms with Crippen LogP contribution < -0.4 is 11.3 Å². The molecule has 88 valence electrons. The van der Waals surface area contributed by atoms with Crippen molar-refractivity contribution in [1.82, 2.24) is 5.43 Å². The second-order valence-electron chi connectivity index (χ2n) is 4.42. The van der Waals surface area contributed by atoms with Crippen molar-refractivity contribution in [2.45, 2.75) is 31.7 Å². The zero-order valence-electron chi connectivity index (χ0n) is 9.05. The Morgan fingerprint density at radius 2 is 2.25 bits per heavy atom. The first kappa shape index (κ1) is 12.0. The third-order valence-corrected chi connectivity index (χ3v) is 4.05. The fourth-order valence-corrected chi connectivity index (χ4v) is 2.65. The van der Waals surface area contributed by atoms with Gasteiger partial charge in [-0.15, -0.1) is 0 Å². The van der Waals surface area contributed by atoms with Crippen LogP contribution in [0, 0.1) is 11.7 Å². The Balaban J connectivity index is 2.14. The van der Waals surface area contributed by atoms with Crippen molar-refractivity contribution in [1.29, 1.82) is 0 Å². The van der Waals surface area contributed by atoms with Gasteiger partial charge in [0.15, 0.2) is 0 Å². The van der Waals surface area contributed by atoms with E-state index in [0.717, 1.165) is 22.4 Å². The monoisotopic (exact) mass is 286 g/mol. The van der Waals surface area contributed by atoms with Gasteiger partial charge < -0.3 is 0 Å². The molecular formula is C12H16BrFN2. The summed E-state index contributed by atoms with van der Waals surface area (Å²) < 4.78 is 14.1. The Labute approximate surface area is 104 Å². The van der Waals surface area contributed by atoms with Gasteiger partial charge in [0, 0.05) is 10.5 Å². The summed E-state index contributed by atoms with van der Waals surface area (Å²) in [5.41, 5.74) is 3.70. The van der Waals surface area contributed by atoms with Crippen LogP contribution in [0.1, 0.15) is 37.3 Å². The van der Waals surface area contributed by atoms with E-state index in [1.54, 1.807) is 12.1 Å². The molecule has 16 heavy (non-hydrogen) atoms. The molecule has 2 nitrogen and oxygen atoms in total. The normalized spacial score (nSPS) is 18.2. The molecule has 1 unspecified atom stereocenters. The lowest BCUT2D eigenvalue weighted by Crippen LogP contribution is -2.31. The van der Waals surface area contributed by atoms with Gasteiger partial charge in [-0.05, 0) is 36.1 Å². The van der Waals surface area contributed by atoms with Gasteiger partial charge in [0.1, 0.15) is 5.82 Å². The molecule has 0 aromatic heterocycles. The van der Waals surface area contributed by atoms with Crippen LogP contribution in [0.3, 0.4) is 0 Å². The van der Waals surface area contributed by atoms with Crippen molar-refractivity contribution in [3.05, 3.63) is 34.1 Å². The van der Waals surface area contributed by atoms with Crippen molar-refractivity contribution in [2.24, 2.45) is 11.8 Å². The Bertz CT molecular complexity index is 366. The number of hydrogen-bond donors (Lipinski definition) is 2. The fraction of sp³-hybridized carbons (Fsp3) is 0.500. The van der Waals surface area contributed by atoms with Gasteiger partial charge in [-0.3, -0.25) is 11.3 Å². The Kier molecular flexibility index (Phi) is 3.95. The fourth-order valence-electron chi connectivity index (χ4n) is 2.13. The van der Waals surface area contributed by atoms with Crippen LogP contribution >= 0.6 is 15.9 Å². The minimum Gasteiger partial charge on any atom is -0.271 e. The molecule has 0 heterocycles. The molecule has 1 fully saturated rings. The molecule has 0 radical (unpaired) electrons. The Hall–Kier alpha value is -0.450. The summed E-state index contributed by atoms with van der Waals surface area (Å²) in [4.78, 5) is 0. The summed E-state index contributed by atoms with van der Waals surface area (Å²) in [6, 6.07) is 4.77. The summed E-state index contributed by atoms with van der Waals surface area (Å²) in [5.74, 6) is 6.07. The van der Waals surface area contributed by atoms with Crippen LogP contribution in [0.15, 0.2) is 22.7 Å². The van der Waals surface area contributed by atoms with Crippen molar-refractivity contribution in [3.8, 4) is 0 Å². The van der Waals surface area contributed by atoms with Crippen LogP contribution in [-0.4, -0.2) is 0 Å². The highest BCUT2D eigenvalue weighted by atomic mass is 79.9. The van der Waals surface area contributed by atoms with Crippen molar-refractivity contribution in [2.75, 3.05) is 0 Å². The van der Waals surface area contributed by atoms with E-state index in [1.165, 1.54) is 25.3 Å². The quantitative estimate of drug-likeness (QED) is 0.659. The summed E-state index contributed by atoms with van der Waals surface area (Å²) in [6.45, 7) is 0. The van der Waals surface area contributed by atoms with Crippen LogP contribution in [0.5, 0.6) is 0 Å². The van der Waals surface area contributed by atoms with Gasteiger partial charge in [0.25, 0.3) is 0 Å². The number of halogens is 2. The van der Waals surface area contributed by atoms with Gasteiger partial charge in [-0.25, -0.2) is 4.39 Å². The van der Waals surface area contributed by atoms with Gasteiger partial charge in [0.05, 0.1) is 0 Å². The molecule has 0 saturated heterocycles. The van der Waals surface area contributed by atoms with Crippen LogP contribution in [0.25, 0.3) is 0 Å². The molecule has 0 spiro atoms. The number of rotatable bonds is 4. The lowest BCUT2D eigenvalue weighted by atomic mass is 9.80. The second kappa shape index (κ2) is 5.25. The van der Waals surface area contributed by atoms with E-state index in [1.807, 2.05) is 0 Å². The molecule has 1 atom stereocenters. The molecule has 0 bridgehead atoms. The van der Waals surface area contributed by atoms with Crippen molar-refractivity contribution < 1.29 is 4.39 Å². The molecule has 1 aliphatic rings. The number of hydrogen-bond acceptors (Lipinski definition) is 2. The first-order valence-electron chi connectivity index (χ1n) is 5.62. The number of benzene rings is 1. The van der Waals surface area contributed by atoms with Gasteiger partial charge >= 0.3 is 0 Å².